The maximum Gasteiger partial charge on any atom is 0.207 e. The molecule has 15 heavy (non-hydrogen) atoms. The number of carbonyl (C=O) groups is 1. The van der Waals surface area contributed by atoms with Crippen LogP contribution in [0.15, 0.2) is 0 Å². The first-order valence-electron chi connectivity index (χ1n) is 5.53. The Morgan fingerprint density at radius 1 is 1.40 bits per heavy atom. The van der Waals surface area contributed by atoms with Crippen molar-refractivity contribution < 1.29 is 4.79 Å². The van der Waals surface area contributed by atoms with E-state index in [1.807, 2.05) is 6.92 Å². The Labute approximate surface area is 93.2 Å². The van der Waals surface area contributed by atoms with E-state index in [0.717, 1.165) is 25.0 Å². The second-order valence-electron chi connectivity index (χ2n) is 5.58. The zero-order valence-corrected chi connectivity index (χ0v) is 10.6. The van der Waals surface area contributed by atoms with Gasteiger partial charge in [-0.3, -0.25) is 4.79 Å². The molecule has 0 aliphatic heterocycles. The molecular weight excluding hydrogens is 188 g/mol. The first-order chi connectivity index (χ1) is 6.76. The highest BCUT2D eigenvalue weighted by Crippen LogP contribution is 2.22. The van der Waals surface area contributed by atoms with Crippen molar-refractivity contribution in [2.75, 3.05) is 0 Å². The summed E-state index contributed by atoms with van der Waals surface area (Å²) in [5.74, 6) is 0.242. The van der Waals surface area contributed by atoms with Crippen molar-refractivity contribution in [3.05, 3.63) is 0 Å². The molecule has 0 bridgehead atoms. The van der Waals surface area contributed by atoms with Crippen LogP contribution in [0.1, 0.15) is 47.5 Å². The molecule has 2 N–H and O–H groups in total. The van der Waals surface area contributed by atoms with Crippen LogP contribution in [0.2, 0.25) is 0 Å². The Bertz CT molecular complexity index is 218. The van der Waals surface area contributed by atoms with Gasteiger partial charge in [0.2, 0.25) is 6.41 Å². The smallest absolute Gasteiger partial charge is 0.207 e. The number of hydrogen-bond acceptors (Lipinski definition) is 2. The first-order valence-corrected chi connectivity index (χ1v) is 5.53. The SMILES string of the molecule is CC(CC(C)C(=N)CC(C)(C)C)NC=O. The zero-order valence-electron chi connectivity index (χ0n) is 10.6. The Hall–Kier alpha value is -0.860. The molecular formula is C12H24N2O. The van der Waals surface area contributed by atoms with Gasteiger partial charge >= 0.3 is 0 Å². The molecule has 2 atom stereocenters. The molecule has 3 heteroatoms. The lowest BCUT2D eigenvalue weighted by molar-refractivity contribution is -0.110. The molecule has 0 radical (unpaired) electrons. The van der Waals surface area contributed by atoms with Crippen molar-refractivity contribution in [1.29, 1.82) is 5.41 Å². The number of nitrogens with one attached hydrogen (secondary N) is 2. The highest BCUT2D eigenvalue weighted by atomic mass is 16.1. The molecule has 0 aromatic heterocycles. The minimum atomic E-state index is 0.151. The third kappa shape index (κ3) is 7.11. The maximum absolute atomic E-state index is 10.2. The minimum absolute atomic E-state index is 0.151. The van der Waals surface area contributed by atoms with Crippen molar-refractivity contribution in [1.82, 2.24) is 5.32 Å². The minimum Gasteiger partial charge on any atom is -0.356 e. The van der Waals surface area contributed by atoms with Crippen LogP contribution in [0.25, 0.3) is 0 Å². The summed E-state index contributed by atoms with van der Waals surface area (Å²) < 4.78 is 0. The predicted molar refractivity (Wildman–Crippen MR) is 64.2 cm³/mol. The normalized spacial score (nSPS) is 15.5. The van der Waals surface area contributed by atoms with Gasteiger partial charge in [0, 0.05) is 11.8 Å². The summed E-state index contributed by atoms with van der Waals surface area (Å²) >= 11 is 0. The topological polar surface area (TPSA) is 53.0 Å². The lowest BCUT2D eigenvalue weighted by Gasteiger charge is -2.23. The number of rotatable bonds is 6. The molecule has 0 rings (SSSR count). The molecule has 0 aromatic rings. The van der Waals surface area contributed by atoms with E-state index in [2.05, 4.69) is 33.0 Å². The third-order valence-corrected chi connectivity index (χ3v) is 2.38. The summed E-state index contributed by atoms with van der Waals surface area (Å²) in [6.45, 7) is 10.4. The molecule has 3 nitrogen and oxygen atoms in total. The summed E-state index contributed by atoms with van der Waals surface area (Å²) in [5, 5.41) is 10.7. The number of carbonyl (C=O) groups excluding carboxylic acids is 1. The summed E-state index contributed by atoms with van der Waals surface area (Å²) in [6.07, 6.45) is 2.39. The van der Waals surface area contributed by atoms with Gasteiger partial charge in [-0.2, -0.15) is 0 Å². The molecule has 88 valence electrons. The van der Waals surface area contributed by atoms with Gasteiger partial charge in [0.05, 0.1) is 0 Å². The predicted octanol–water partition coefficient (Wildman–Crippen LogP) is 2.60. The van der Waals surface area contributed by atoms with Crippen LogP contribution in [0, 0.1) is 16.7 Å². The fourth-order valence-electron chi connectivity index (χ4n) is 1.60. The molecule has 0 aliphatic rings. The fraction of sp³-hybridized carbons (Fsp3) is 0.833. The van der Waals surface area contributed by atoms with E-state index in [1.165, 1.54) is 0 Å². The Balaban J connectivity index is 4.04. The number of amides is 1. The molecule has 1 amide bonds. The average molecular weight is 212 g/mol. The molecule has 0 saturated heterocycles. The largest absolute Gasteiger partial charge is 0.356 e. The quantitative estimate of drug-likeness (QED) is 0.516. The lowest BCUT2D eigenvalue weighted by Crippen LogP contribution is -2.29. The highest BCUT2D eigenvalue weighted by molar-refractivity contribution is 5.84. The van der Waals surface area contributed by atoms with E-state index in [0.29, 0.717) is 0 Å². The Morgan fingerprint density at radius 2 is 1.93 bits per heavy atom. The molecule has 0 heterocycles. The van der Waals surface area contributed by atoms with E-state index in [4.69, 9.17) is 5.41 Å². The summed E-state index contributed by atoms with van der Waals surface area (Å²) in [7, 11) is 0. The van der Waals surface area contributed by atoms with E-state index in [9.17, 15) is 4.79 Å². The molecule has 0 saturated carbocycles. The molecule has 0 aromatic carbocycles. The molecule has 2 unspecified atom stereocenters. The molecule has 0 aliphatic carbocycles. The van der Waals surface area contributed by atoms with Gasteiger partial charge in [0.1, 0.15) is 0 Å². The van der Waals surface area contributed by atoms with Crippen LogP contribution in [0.3, 0.4) is 0 Å². The lowest BCUT2D eigenvalue weighted by atomic mass is 9.84. The van der Waals surface area contributed by atoms with E-state index < -0.39 is 0 Å². The van der Waals surface area contributed by atoms with Gasteiger partial charge in [-0.1, -0.05) is 27.7 Å². The van der Waals surface area contributed by atoms with Crippen molar-refractivity contribution in [2.45, 2.75) is 53.5 Å². The van der Waals surface area contributed by atoms with Crippen LogP contribution in [0.4, 0.5) is 0 Å². The Morgan fingerprint density at radius 3 is 2.33 bits per heavy atom. The fourth-order valence-corrected chi connectivity index (χ4v) is 1.60. The Kier molecular flexibility index (Phi) is 5.55. The second kappa shape index (κ2) is 5.89. The average Bonchev–Trinajstić information content (AvgIpc) is 2.00. The zero-order chi connectivity index (χ0) is 12.1. The van der Waals surface area contributed by atoms with Crippen LogP contribution >= 0.6 is 0 Å². The van der Waals surface area contributed by atoms with Gasteiger partial charge in [0.25, 0.3) is 0 Å². The summed E-state index contributed by atoms with van der Waals surface area (Å²) in [6, 6.07) is 0.151. The van der Waals surface area contributed by atoms with Crippen molar-refractivity contribution in [3.63, 3.8) is 0 Å². The van der Waals surface area contributed by atoms with Gasteiger partial charge in [0.15, 0.2) is 0 Å². The van der Waals surface area contributed by atoms with Crippen molar-refractivity contribution in [2.24, 2.45) is 11.3 Å². The van der Waals surface area contributed by atoms with E-state index >= 15 is 0 Å². The van der Waals surface area contributed by atoms with Crippen LogP contribution in [-0.2, 0) is 4.79 Å². The summed E-state index contributed by atoms with van der Waals surface area (Å²) in [5.41, 5.74) is 0.953. The monoisotopic (exact) mass is 212 g/mol. The summed E-state index contributed by atoms with van der Waals surface area (Å²) in [4.78, 5) is 10.2. The van der Waals surface area contributed by atoms with Crippen LogP contribution in [0.5, 0.6) is 0 Å². The highest BCUT2D eigenvalue weighted by Gasteiger charge is 2.19. The van der Waals surface area contributed by atoms with Gasteiger partial charge in [-0.15, -0.1) is 0 Å². The van der Waals surface area contributed by atoms with Crippen molar-refractivity contribution in [3.8, 4) is 0 Å². The van der Waals surface area contributed by atoms with Gasteiger partial charge in [-0.25, -0.2) is 0 Å². The van der Waals surface area contributed by atoms with Crippen LogP contribution < -0.4 is 5.32 Å². The maximum atomic E-state index is 10.2. The van der Waals surface area contributed by atoms with Crippen LogP contribution in [-0.4, -0.2) is 18.2 Å². The van der Waals surface area contributed by atoms with Crippen molar-refractivity contribution >= 4 is 12.1 Å². The first kappa shape index (κ1) is 14.1. The third-order valence-electron chi connectivity index (χ3n) is 2.38. The van der Waals surface area contributed by atoms with Gasteiger partial charge in [-0.05, 0) is 31.1 Å². The van der Waals surface area contributed by atoms with E-state index in [1.54, 1.807) is 0 Å². The van der Waals surface area contributed by atoms with Gasteiger partial charge < -0.3 is 10.7 Å². The second-order valence-corrected chi connectivity index (χ2v) is 5.58. The molecule has 0 spiro atoms. The number of hydrogen-bond donors (Lipinski definition) is 2. The standard InChI is InChI=1S/C12H24N2O/c1-9(6-10(2)14-8-15)11(13)7-12(3,4)5/h8-10,13H,6-7H2,1-5H3,(H,14,15). The van der Waals surface area contributed by atoms with E-state index in [-0.39, 0.29) is 17.4 Å². The molecule has 0 fully saturated rings.